The molecule has 10 heteroatoms. The van der Waals surface area contributed by atoms with Crippen LogP contribution in [-0.2, 0) is 20.0 Å². The van der Waals surface area contributed by atoms with Gasteiger partial charge in [-0.2, -0.15) is 0 Å². The zero-order valence-corrected chi connectivity index (χ0v) is 17.3. The number of hydrogen-bond donors (Lipinski definition) is 2. The SMILES string of the molecule is CCOc1ccc(S(=O)(=O)NCCNS(=O)(=O)c2ccc(OCC)cc2)cc1. The predicted molar refractivity (Wildman–Crippen MR) is 106 cm³/mol. The number of benzene rings is 2. The molecule has 0 saturated heterocycles. The third-order valence-corrected chi connectivity index (χ3v) is 6.55. The summed E-state index contributed by atoms with van der Waals surface area (Å²) < 4.78 is 64.3. The highest BCUT2D eigenvalue weighted by molar-refractivity contribution is 7.89. The van der Waals surface area contributed by atoms with E-state index >= 15 is 0 Å². The van der Waals surface area contributed by atoms with Crippen LogP contribution in [0.25, 0.3) is 0 Å². The van der Waals surface area contributed by atoms with E-state index in [1.54, 1.807) is 24.3 Å². The van der Waals surface area contributed by atoms with Crippen LogP contribution in [0.2, 0.25) is 0 Å². The summed E-state index contributed by atoms with van der Waals surface area (Å²) in [6.45, 7) is 4.45. The Labute approximate surface area is 166 Å². The minimum absolute atomic E-state index is 0.0744. The molecule has 154 valence electrons. The van der Waals surface area contributed by atoms with Gasteiger partial charge < -0.3 is 9.47 Å². The van der Waals surface area contributed by atoms with Crippen molar-refractivity contribution < 1.29 is 26.3 Å². The molecule has 0 radical (unpaired) electrons. The molecular weight excluding hydrogens is 404 g/mol. The molecule has 0 fully saturated rings. The third kappa shape index (κ3) is 6.20. The second-order valence-electron chi connectivity index (χ2n) is 5.60. The average Bonchev–Trinajstić information content (AvgIpc) is 2.67. The Balaban J connectivity index is 1.89. The van der Waals surface area contributed by atoms with E-state index in [1.165, 1.54) is 24.3 Å². The molecule has 8 nitrogen and oxygen atoms in total. The highest BCUT2D eigenvalue weighted by atomic mass is 32.2. The molecule has 0 unspecified atom stereocenters. The fraction of sp³-hybridized carbons (Fsp3) is 0.333. The van der Waals surface area contributed by atoms with E-state index in [0.717, 1.165) is 0 Å². The van der Waals surface area contributed by atoms with E-state index in [1.807, 2.05) is 13.8 Å². The Bertz CT molecular complexity index is 875. The minimum Gasteiger partial charge on any atom is -0.494 e. The zero-order chi connectivity index (χ0) is 20.6. The lowest BCUT2D eigenvalue weighted by atomic mass is 10.3. The van der Waals surface area contributed by atoms with E-state index in [-0.39, 0.29) is 22.9 Å². The molecule has 0 aliphatic heterocycles. The maximum absolute atomic E-state index is 12.3. The number of hydrogen-bond acceptors (Lipinski definition) is 6. The molecule has 2 aromatic rings. The third-order valence-electron chi connectivity index (χ3n) is 3.60. The number of nitrogens with one attached hydrogen (secondary N) is 2. The molecule has 0 aliphatic rings. The second kappa shape index (κ2) is 9.87. The lowest BCUT2D eigenvalue weighted by Crippen LogP contribution is -2.34. The van der Waals surface area contributed by atoms with Gasteiger partial charge in [0, 0.05) is 13.1 Å². The summed E-state index contributed by atoms with van der Waals surface area (Å²) in [6.07, 6.45) is 0. The number of ether oxygens (including phenoxy) is 2. The predicted octanol–water partition coefficient (Wildman–Crippen LogP) is 1.74. The monoisotopic (exact) mass is 428 g/mol. The van der Waals surface area contributed by atoms with Gasteiger partial charge in [-0.1, -0.05) is 0 Å². The first-order valence-electron chi connectivity index (χ1n) is 8.73. The topological polar surface area (TPSA) is 111 Å². The molecule has 0 bridgehead atoms. The first-order valence-corrected chi connectivity index (χ1v) is 11.7. The molecule has 2 aromatic carbocycles. The summed E-state index contributed by atoms with van der Waals surface area (Å²) in [6, 6.07) is 12.0. The van der Waals surface area contributed by atoms with Crippen LogP contribution in [0.1, 0.15) is 13.8 Å². The molecule has 0 aromatic heterocycles. The molecule has 0 amide bonds. The van der Waals surface area contributed by atoms with Gasteiger partial charge in [0.25, 0.3) is 0 Å². The van der Waals surface area contributed by atoms with Crippen LogP contribution in [0.15, 0.2) is 58.3 Å². The second-order valence-corrected chi connectivity index (χ2v) is 9.14. The molecule has 2 N–H and O–H groups in total. The quantitative estimate of drug-likeness (QED) is 0.528. The summed E-state index contributed by atoms with van der Waals surface area (Å²) in [5.74, 6) is 1.15. The van der Waals surface area contributed by atoms with E-state index in [2.05, 4.69) is 9.44 Å². The lowest BCUT2D eigenvalue weighted by molar-refractivity contribution is 0.340. The van der Waals surface area contributed by atoms with Crippen LogP contribution in [0.4, 0.5) is 0 Å². The Hall–Kier alpha value is -2.14. The van der Waals surface area contributed by atoms with Crippen LogP contribution in [0, 0.1) is 0 Å². The molecule has 0 saturated carbocycles. The van der Waals surface area contributed by atoms with Gasteiger partial charge in [0.2, 0.25) is 20.0 Å². The normalized spacial score (nSPS) is 11.9. The highest BCUT2D eigenvalue weighted by Gasteiger charge is 2.16. The fourth-order valence-electron chi connectivity index (χ4n) is 2.30. The summed E-state index contributed by atoms with van der Waals surface area (Å²) in [5.41, 5.74) is 0. The van der Waals surface area contributed by atoms with E-state index in [0.29, 0.717) is 24.7 Å². The highest BCUT2D eigenvalue weighted by Crippen LogP contribution is 2.16. The largest absolute Gasteiger partial charge is 0.494 e. The molecule has 28 heavy (non-hydrogen) atoms. The van der Waals surface area contributed by atoms with Gasteiger partial charge in [0.05, 0.1) is 23.0 Å². The van der Waals surface area contributed by atoms with Crippen molar-refractivity contribution in [3.63, 3.8) is 0 Å². The first kappa shape index (κ1) is 22.2. The van der Waals surface area contributed by atoms with Gasteiger partial charge in [-0.25, -0.2) is 26.3 Å². The van der Waals surface area contributed by atoms with Gasteiger partial charge >= 0.3 is 0 Å². The van der Waals surface area contributed by atoms with Gasteiger partial charge in [-0.3, -0.25) is 0 Å². The minimum atomic E-state index is -3.74. The van der Waals surface area contributed by atoms with Crippen molar-refractivity contribution in [2.45, 2.75) is 23.6 Å². The maximum Gasteiger partial charge on any atom is 0.240 e. The maximum atomic E-state index is 12.3. The Kier molecular flexibility index (Phi) is 7.81. The average molecular weight is 429 g/mol. The van der Waals surface area contributed by atoms with Crippen LogP contribution in [0.3, 0.4) is 0 Å². The van der Waals surface area contributed by atoms with Crippen molar-refractivity contribution in [2.75, 3.05) is 26.3 Å². The molecule has 0 aliphatic carbocycles. The molecule has 0 spiro atoms. The van der Waals surface area contributed by atoms with Crippen molar-refractivity contribution in [1.29, 1.82) is 0 Å². The zero-order valence-electron chi connectivity index (χ0n) is 15.7. The summed E-state index contributed by atoms with van der Waals surface area (Å²) >= 11 is 0. The van der Waals surface area contributed by atoms with Crippen molar-refractivity contribution in [1.82, 2.24) is 9.44 Å². The van der Waals surface area contributed by atoms with Gasteiger partial charge in [-0.05, 0) is 62.4 Å². The summed E-state index contributed by atoms with van der Waals surface area (Å²) in [7, 11) is -7.49. The number of rotatable bonds is 11. The van der Waals surface area contributed by atoms with E-state index < -0.39 is 20.0 Å². The van der Waals surface area contributed by atoms with Gasteiger partial charge in [0.1, 0.15) is 11.5 Å². The van der Waals surface area contributed by atoms with Crippen LogP contribution in [-0.4, -0.2) is 43.1 Å². The van der Waals surface area contributed by atoms with Crippen molar-refractivity contribution in [3.05, 3.63) is 48.5 Å². The van der Waals surface area contributed by atoms with Crippen LogP contribution >= 0.6 is 0 Å². The van der Waals surface area contributed by atoms with Gasteiger partial charge in [0.15, 0.2) is 0 Å². The van der Waals surface area contributed by atoms with Crippen molar-refractivity contribution in [2.24, 2.45) is 0 Å². The summed E-state index contributed by atoms with van der Waals surface area (Å²) in [5, 5.41) is 0. The fourth-order valence-corrected chi connectivity index (χ4v) is 4.36. The first-order chi connectivity index (χ1) is 13.3. The Morgan fingerprint density at radius 1 is 0.643 bits per heavy atom. The van der Waals surface area contributed by atoms with E-state index in [9.17, 15) is 16.8 Å². The molecule has 2 rings (SSSR count). The van der Waals surface area contributed by atoms with Crippen molar-refractivity contribution in [3.8, 4) is 11.5 Å². The van der Waals surface area contributed by atoms with Crippen LogP contribution < -0.4 is 18.9 Å². The standard InChI is InChI=1S/C18H24N2O6S2/c1-3-25-15-5-9-17(10-6-15)27(21,22)19-13-14-20-28(23,24)18-11-7-16(8-12-18)26-4-2/h5-12,19-20H,3-4,13-14H2,1-2H3. The molecule has 0 heterocycles. The summed E-state index contributed by atoms with van der Waals surface area (Å²) in [4.78, 5) is 0.149. The number of sulfonamides is 2. The lowest BCUT2D eigenvalue weighted by Gasteiger charge is -2.10. The van der Waals surface area contributed by atoms with E-state index in [4.69, 9.17) is 9.47 Å². The van der Waals surface area contributed by atoms with Gasteiger partial charge in [-0.15, -0.1) is 0 Å². The van der Waals surface area contributed by atoms with Crippen molar-refractivity contribution >= 4 is 20.0 Å². The Morgan fingerprint density at radius 3 is 1.25 bits per heavy atom. The Morgan fingerprint density at radius 2 is 0.964 bits per heavy atom. The molecule has 0 atom stereocenters. The van der Waals surface area contributed by atoms with Crippen LogP contribution in [0.5, 0.6) is 11.5 Å². The smallest absolute Gasteiger partial charge is 0.240 e. The molecular formula is C18H24N2O6S2.